The first-order valence-electron chi connectivity index (χ1n) is 5.32. The van der Waals surface area contributed by atoms with E-state index in [0.717, 1.165) is 5.69 Å². The zero-order chi connectivity index (χ0) is 11.7. The predicted octanol–water partition coefficient (Wildman–Crippen LogP) is 1.79. The van der Waals surface area contributed by atoms with Crippen LogP contribution in [0.4, 0.5) is 5.69 Å². The van der Waals surface area contributed by atoms with Gasteiger partial charge in [0.15, 0.2) is 0 Å². The van der Waals surface area contributed by atoms with Gasteiger partial charge in [0.1, 0.15) is 0 Å². The highest BCUT2D eigenvalue weighted by Crippen LogP contribution is 2.08. The molecule has 0 aliphatic carbocycles. The van der Waals surface area contributed by atoms with Crippen LogP contribution in [0.15, 0.2) is 24.3 Å². The summed E-state index contributed by atoms with van der Waals surface area (Å²) in [5.41, 5.74) is 2.14. The topological polar surface area (TPSA) is 52.5 Å². The van der Waals surface area contributed by atoms with E-state index >= 15 is 0 Å². The third-order valence-corrected chi connectivity index (χ3v) is 1.77. The normalized spacial score (nSPS) is 11.3. The van der Waals surface area contributed by atoms with Crippen LogP contribution in [0.5, 0.6) is 0 Å². The van der Waals surface area contributed by atoms with Crippen LogP contribution in [0.3, 0.4) is 0 Å². The van der Waals surface area contributed by atoms with Crippen LogP contribution < -0.4 is 5.32 Å². The van der Waals surface area contributed by atoms with Crippen molar-refractivity contribution in [1.29, 1.82) is 0 Å². The molecule has 0 spiro atoms. The third kappa shape index (κ3) is 6.10. The maximum Gasteiger partial charge on any atom is 0.0942 e. The van der Waals surface area contributed by atoms with E-state index in [1.54, 1.807) is 0 Å². The van der Waals surface area contributed by atoms with Crippen molar-refractivity contribution in [3.63, 3.8) is 0 Å². The van der Waals surface area contributed by atoms with Gasteiger partial charge in [0.05, 0.1) is 12.7 Å². The molecule has 0 amide bonds. The number of aliphatic hydroxyl groups is 2. The number of rotatable bonds is 4. The standard InChI is InChI=1S/C10H15NO2.C2H6/c1-8-3-2-4-9(5-8)11-6-10(13)7-12;1-2/h2-5,10-13H,6-7H2,1H3;1-2H3. The molecule has 1 unspecified atom stereocenters. The highest BCUT2D eigenvalue weighted by Gasteiger charge is 2.00. The summed E-state index contributed by atoms with van der Waals surface area (Å²) in [6.07, 6.45) is -0.694. The van der Waals surface area contributed by atoms with Crippen molar-refractivity contribution in [3.05, 3.63) is 29.8 Å². The summed E-state index contributed by atoms with van der Waals surface area (Å²) in [6, 6.07) is 7.87. The average Bonchev–Trinajstić information content (AvgIpc) is 2.29. The number of anilines is 1. The maximum absolute atomic E-state index is 9.08. The minimum Gasteiger partial charge on any atom is -0.394 e. The molecular formula is C12H21NO2. The first kappa shape index (κ1) is 13.9. The van der Waals surface area contributed by atoms with E-state index in [2.05, 4.69) is 5.32 Å². The Kier molecular flexibility index (Phi) is 7.68. The second kappa shape index (κ2) is 8.26. The lowest BCUT2D eigenvalue weighted by Gasteiger charge is -2.10. The second-order valence-corrected chi connectivity index (χ2v) is 3.09. The molecule has 0 aromatic heterocycles. The molecule has 86 valence electrons. The maximum atomic E-state index is 9.08. The van der Waals surface area contributed by atoms with Gasteiger partial charge in [-0.2, -0.15) is 0 Å². The van der Waals surface area contributed by atoms with E-state index in [1.165, 1.54) is 5.56 Å². The van der Waals surface area contributed by atoms with Gasteiger partial charge in [-0.05, 0) is 24.6 Å². The van der Waals surface area contributed by atoms with Gasteiger partial charge in [-0.15, -0.1) is 0 Å². The summed E-state index contributed by atoms with van der Waals surface area (Å²) in [6.45, 7) is 6.17. The molecule has 0 radical (unpaired) electrons. The summed E-state index contributed by atoms with van der Waals surface area (Å²) in [7, 11) is 0. The Labute approximate surface area is 91.8 Å². The van der Waals surface area contributed by atoms with E-state index in [1.807, 2.05) is 45.0 Å². The van der Waals surface area contributed by atoms with Gasteiger partial charge < -0.3 is 15.5 Å². The molecule has 0 heterocycles. The molecule has 3 nitrogen and oxygen atoms in total. The average molecular weight is 211 g/mol. The van der Waals surface area contributed by atoms with Crippen molar-refractivity contribution in [3.8, 4) is 0 Å². The lowest BCUT2D eigenvalue weighted by Crippen LogP contribution is -2.22. The largest absolute Gasteiger partial charge is 0.394 e. The molecule has 0 bridgehead atoms. The molecule has 0 aliphatic rings. The van der Waals surface area contributed by atoms with Crippen molar-refractivity contribution in [2.24, 2.45) is 0 Å². The van der Waals surface area contributed by atoms with Gasteiger partial charge in [-0.3, -0.25) is 0 Å². The summed E-state index contributed by atoms with van der Waals surface area (Å²) in [4.78, 5) is 0. The fourth-order valence-corrected chi connectivity index (χ4v) is 1.06. The number of aliphatic hydroxyl groups excluding tert-OH is 2. The van der Waals surface area contributed by atoms with Crippen molar-refractivity contribution < 1.29 is 10.2 Å². The predicted molar refractivity (Wildman–Crippen MR) is 64.1 cm³/mol. The van der Waals surface area contributed by atoms with Crippen LogP contribution in [0.2, 0.25) is 0 Å². The lowest BCUT2D eigenvalue weighted by molar-refractivity contribution is 0.105. The van der Waals surface area contributed by atoms with E-state index in [-0.39, 0.29) is 6.61 Å². The highest BCUT2D eigenvalue weighted by atomic mass is 16.3. The van der Waals surface area contributed by atoms with Crippen LogP contribution in [0, 0.1) is 6.92 Å². The molecule has 0 saturated heterocycles. The second-order valence-electron chi connectivity index (χ2n) is 3.09. The molecule has 3 heteroatoms. The molecule has 15 heavy (non-hydrogen) atoms. The van der Waals surface area contributed by atoms with E-state index in [9.17, 15) is 0 Å². The lowest BCUT2D eigenvalue weighted by atomic mass is 10.2. The van der Waals surface area contributed by atoms with Crippen LogP contribution in [-0.2, 0) is 0 Å². The first-order chi connectivity index (χ1) is 7.22. The molecule has 1 rings (SSSR count). The molecule has 0 fully saturated rings. The molecule has 0 saturated carbocycles. The quantitative estimate of drug-likeness (QED) is 0.711. The van der Waals surface area contributed by atoms with E-state index in [0.29, 0.717) is 6.54 Å². The first-order valence-corrected chi connectivity index (χ1v) is 5.32. The fraction of sp³-hybridized carbons (Fsp3) is 0.500. The van der Waals surface area contributed by atoms with Gasteiger partial charge in [0.25, 0.3) is 0 Å². The van der Waals surface area contributed by atoms with Crippen molar-refractivity contribution >= 4 is 5.69 Å². The van der Waals surface area contributed by atoms with E-state index < -0.39 is 6.10 Å². The van der Waals surface area contributed by atoms with E-state index in [4.69, 9.17) is 10.2 Å². The Hall–Kier alpha value is -1.06. The molecule has 1 aromatic carbocycles. The minimum atomic E-state index is -0.694. The van der Waals surface area contributed by atoms with Gasteiger partial charge >= 0.3 is 0 Å². The van der Waals surface area contributed by atoms with Crippen LogP contribution in [0.25, 0.3) is 0 Å². The Bertz CT molecular complexity index is 264. The molecular weight excluding hydrogens is 190 g/mol. The Balaban J connectivity index is 0.000000921. The molecule has 0 aliphatic heterocycles. The van der Waals surface area contributed by atoms with Gasteiger partial charge in [0.2, 0.25) is 0 Å². The van der Waals surface area contributed by atoms with Crippen molar-refractivity contribution in [2.75, 3.05) is 18.5 Å². The Morgan fingerprint density at radius 3 is 2.53 bits per heavy atom. The SMILES string of the molecule is CC.Cc1cccc(NCC(O)CO)c1. The van der Waals surface area contributed by atoms with Gasteiger partial charge in [-0.25, -0.2) is 0 Å². The van der Waals surface area contributed by atoms with Crippen molar-refractivity contribution in [1.82, 2.24) is 0 Å². The fourth-order valence-electron chi connectivity index (χ4n) is 1.06. The molecule has 1 atom stereocenters. The zero-order valence-electron chi connectivity index (χ0n) is 9.70. The van der Waals surface area contributed by atoms with Crippen molar-refractivity contribution in [2.45, 2.75) is 26.9 Å². The smallest absolute Gasteiger partial charge is 0.0942 e. The molecule has 3 N–H and O–H groups in total. The zero-order valence-corrected chi connectivity index (χ0v) is 9.70. The summed E-state index contributed by atoms with van der Waals surface area (Å²) in [5.74, 6) is 0. The Morgan fingerprint density at radius 2 is 2.00 bits per heavy atom. The number of benzene rings is 1. The van der Waals surface area contributed by atoms with Gasteiger partial charge in [0, 0.05) is 12.2 Å². The third-order valence-electron chi connectivity index (χ3n) is 1.77. The van der Waals surface area contributed by atoms with Crippen LogP contribution in [-0.4, -0.2) is 29.5 Å². The minimum absolute atomic E-state index is 0.210. The highest BCUT2D eigenvalue weighted by molar-refractivity contribution is 5.45. The van der Waals surface area contributed by atoms with Crippen LogP contribution in [0.1, 0.15) is 19.4 Å². The number of nitrogens with one attached hydrogen (secondary N) is 1. The van der Waals surface area contributed by atoms with Crippen LogP contribution >= 0.6 is 0 Å². The number of aryl methyl sites for hydroxylation is 1. The van der Waals surface area contributed by atoms with Gasteiger partial charge in [-0.1, -0.05) is 26.0 Å². The summed E-state index contributed by atoms with van der Waals surface area (Å²) in [5, 5.41) is 20.7. The summed E-state index contributed by atoms with van der Waals surface area (Å²) >= 11 is 0. The number of hydrogen-bond donors (Lipinski definition) is 3. The number of hydrogen-bond acceptors (Lipinski definition) is 3. The monoisotopic (exact) mass is 211 g/mol. The molecule has 1 aromatic rings. The Morgan fingerprint density at radius 1 is 1.33 bits per heavy atom. The summed E-state index contributed by atoms with van der Waals surface area (Å²) < 4.78 is 0.